The van der Waals surface area contributed by atoms with E-state index in [1.807, 2.05) is 12.1 Å². The first-order valence-corrected chi connectivity index (χ1v) is 7.96. The molecule has 1 aromatic carbocycles. The lowest BCUT2D eigenvalue weighted by molar-refractivity contribution is 0.634. The second-order valence-electron chi connectivity index (χ2n) is 4.21. The monoisotopic (exact) mass is 424 g/mol. The smallest absolute Gasteiger partial charge is 0.170 e. The molecule has 0 radical (unpaired) electrons. The molecule has 1 saturated carbocycles. The molecule has 2 nitrogen and oxygen atoms in total. The third-order valence-corrected chi connectivity index (χ3v) is 5.43. The summed E-state index contributed by atoms with van der Waals surface area (Å²) in [5.41, 5.74) is 1.02. The molecule has 17 heavy (non-hydrogen) atoms. The number of halogens is 2. The number of hydrogen-bond acceptors (Lipinski definition) is 1. The summed E-state index contributed by atoms with van der Waals surface area (Å²) in [5.74, 6) is 0. The van der Waals surface area contributed by atoms with Crippen LogP contribution in [-0.4, -0.2) is 11.2 Å². The van der Waals surface area contributed by atoms with Crippen molar-refractivity contribution in [3.05, 3.63) is 26.2 Å². The highest BCUT2D eigenvalue weighted by atomic mass is 127. The Labute approximate surface area is 129 Å². The number of thiocarbonyl (C=S) groups is 1. The van der Waals surface area contributed by atoms with Crippen molar-refractivity contribution in [1.29, 1.82) is 0 Å². The van der Waals surface area contributed by atoms with E-state index in [2.05, 4.69) is 55.2 Å². The van der Waals surface area contributed by atoms with Crippen LogP contribution in [-0.2, 0) is 0 Å². The molecule has 0 aromatic heterocycles. The van der Waals surface area contributed by atoms with Gasteiger partial charge in [0.1, 0.15) is 0 Å². The van der Waals surface area contributed by atoms with Crippen molar-refractivity contribution < 1.29 is 0 Å². The molecule has 0 saturated heterocycles. The zero-order valence-corrected chi connectivity index (χ0v) is 13.9. The van der Waals surface area contributed by atoms with Crippen LogP contribution in [0.2, 0.25) is 0 Å². The van der Waals surface area contributed by atoms with E-state index < -0.39 is 0 Å². The molecule has 0 bridgehead atoms. The van der Waals surface area contributed by atoms with Crippen molar-refractivity contribution in [1.82, 2.24) is 5.32 Å². The van der Waals surface area contributed by atoms with Crippen molar-refractivity contribution in [3.63, 3.8) is 0 Å². The van der Waals surface area contributed by atoms with Crippen LogP contribution in [0.3, 0.4) is 0 Å². The van der Waals surface area contributed by atoms with Gasteiger partial charge in [0.15, 0.2) is 5.11 Å². The summed E-state index contributed by atoms with van der Waals surface area (Å²) in [7, 11) is 0. The number of nitrogens with one attached hydrogen (secondary N) is 2. The van der Waals surface area contributed by atoms with Gasteiger partial charge in [0, 0.05) is 19.8 Å². The first kappa shape index (κ1) is 13.5. The van der Waals surface area contributed by atoms with Gasteiger partial charge in [-0.3, -0.25) is 0 Å². The first-order valence-electron chi connectivity index (χ1n) is 5.68. The van der Waals surface area contributed by atoms with Gasteiger partial charge in [0.05, 0.1) is 0 Å². The Morgan fingerprint density at radius 1 is 1.35 bits per heavy atom. The summed E-state index contributed by atoms with van der Waals surface area (Å²) >= 11 is 11.1. The van der Waals surface area contributed by atoms with E-state index in [1.54, 1.807) is 0 Å². The van der Waals surface area contributed by atoms with Gasteiger partial charge in [-0.05, 0) is 81.8 Å². The summed E-state index contributed by atoms with van der Waals surface area (Å²) < 4.78 is 2.29. The molecule has 5 heteroatoms. The van der Waals surface area contributed by atoms with Crippen LogP contribution in [0.15, 0.2) is 22.7 Å². The molecule has 0 atom stereocenters. The predicted octanol–water partition coefficient (Wildman–Crippen LogP) is 4.28. The topological polar surface area (TPSA) is 24.1 Å². The van der Waals surface area contributed by atoms with Gasteiger partial charge in [-0.2, -0.15) is 0 Å². The van der Waals surface area contributed by atoms with Crippen molar-refractivity contribution in [2.24, 2.45) is 0 Å². The lowest BCUT2D eigenvalue weighted by atomic mass is 10.2. The first-order chi connectivity index (χ1) is 8.15. The molecule has 1 aromatic rings. The highest BCUT2D eigenvalue weighted by Crippen LogP contribution is 2.23. The minimum Gasteiger partial charge on any atom is -0.360 e. The molecule has 92 valence electrons. The van der Waals surface area contributed by atoms with Gasteiger partial charge >= 0.3 is 0 Å². The second kappa shape index (κ2) is 6.33. The minimum atomic E-state index is 0.558. The SMILES string of the molecule is S=C(Nc1ccc(I)c(Br)c1)NC1CCCC1. The van der Waals surface area contributed by atoms with E-state index >= 15 is 0 Å². The Hall–Kier alpha value is 0.120. The zero-order valence-electron chi connectivity index (χ0n) is 9.30. The van der Waals surface area contributed by atoms with Crippen LogP contribution in [0.5, 0.6) is 0 Å². The molecule has 0 heterocycles. The standard InChI is InChI=1S/C12H14BrIN2S/c13-10-7-9(5-6-11(10)14)16-12(17)15-8-3-1-2-4-8/h5-8H,1-4H2,(H2,15,16,17). The molecule has 2 rings (SSSR count). The quantitative estimate of drug-likeness (QED) is 0.547. The number of benzene rings is 1. The Morgan fingerprint density at radius 3 is 2.71 bits per heavy atom. The van der Waals surface area contributed by atoms with Crippen LogP contribution < -0.4 is 10.6 Å². The van der Waals surface area contributed by atoms with Crippen molar-refractivity contribution >= 4 is 61.5 Å². The van der Waals surface area contributed by atoms with Gasteiger partial charge in [-0.1, -0.05) is 12.8 Å². The summed E-state index contributed by atoms with van der Waals surface area (Å²) in [6.45, 7) is 0. The fraction of sp³-hybridized carbons (Fsp3) is 0.417. The average Bonchev–Trinajstić information content (AvgIpc) is 2.76. The summed E-state index contributed by atoms with van der Waals surface area (Å²) in [4.78, 5) is 0. The fourth-order valence-electron chi connectivity index (χ4n) is 2.00. The van der Waals surface area contributed by atoms with Gasteiger partial charge < -0.3 is 10.6 Å². The highest BCUT2D eigenvalue weighted by molar-refractivity contribution is 14.1. The second-order valence-corrected chi connectivity index (χ2v) is 6.63. The zero-order chi connectivity index (χ0) is 12.3. The molecular weight excluding hydrogens is 411 g/mol. The molecule has 0 unspecified atom stereocenters. The van der Waals surface area contributed by atoms with Gasteiger partial charge in [0.2, 0.25) is 0 Å². The van der Waals surface area contributed by atoms with E-state index in [4.69, 9.17) is 12.2 Å². The third kappa shape index (κ3) is 4.06. The van der Waals surface area contributed by atoms with E-state index in [0.717, 1.165) is 15.3 Å². The molecule has 1 aliphatic rings. The molecule has 0 amide bonds. The maximum absolute atomic E-state index is 5.31. The van der Waals surface area contributed by atoms with E-state index in [9.17, 15) is 0 Å². The Kier molecular flexibility index (Phi) is 5.05. The maximum atomic E-state index is 5.31. The van der Waals surface area contributed by atoms with Crippen molar-refractivity contribution in [2.45, 2.75) is 31.7 Å². The Bertz CT molecular complexity index is 419. The van der Waals surface area contributed by atoms with Crippen LogP contribution in [0.1, 0.15) is 25.7 Å². The van der Waals surface area contributed by atoms with Crippen LogP contribution in [0, 0.1) is 3.57 Å². The molecule has 1 fully saturated rings. The minimum absolute atomic E-state index is 0.558. The lowest BCUT2D eigenvalue weighted by Gasteiger charge is -2.16. The lowest BCUT2D eigenvalue weighted by Crippen LogP contribution is -2.35. The van der Waals surface area contributed by atoms with E-state index in [-0.39, 0.29) is 0 Å². The van der Waals surface area contributed by atoms with Crippen LogP contribution in [0.25, 0.3) is 0 Å². The van der Waals surface area contributed by atoms with Crippen LogP contribution in [0.4, 0.5) is 5.69 Å². The Balaban J connectivity index is 1.90. The normalized spacial score (nSPS) is 15.9. The van der Waals surface area contributed by atoms with Gasteiger partial charge in [-0.25, -0.2) is 0 Å². The van der Waals surface area contributed by atoms with E-state index in [0.29, 0.717) is 6.04 Å². The maximum Gasteiger partial charge on any atom is 0.170 e. The fourth-order valence-corrected chi connectivity index (χ4v) is 3.00. The summed E-state index contributed by atoms with van der Waals surface area (Å²) in [6.07, 6.45) is 5.10. The summed E-state index contributed by atoms with van der Waals surface area (Å²) in [5, 5.41) is 7.32. The Morgan fingerprint density at radius 2 is 2.06 bits per heavy atom. The van der Waals surface area contributed by atoms with Gasteiger partial charge in [-0.15, -0.1) is 0 Å². The largest absolute Gasteiger partial charge is 0.360 e. The highest BCUT2D eigenvalue weighted by Gasteiger charge is 2.15. The van der Waals surface area contributed by atoms with E-state index in [1.165, 1.54) is 29.3 Å². The number of anilines is 1. The molecular formula is C12H14BrIN2S. The number of rotatable bonds is 2. The van der Waals surface area contributed by atoms with Crippen molar-refractivity contribution in [2.75, 3.05) is 5.32 Å². The average molecular weight is 425 g/mol. The molecule has 2 N–H and O–H groups in total. The number of hydrogen-bond donors (Lipinski definition) is 2. The third-order valence-electron chi connectivity index (χ3n) is 2.87. The molecule has 0 aliphatic heterocycles. The molecule has 1 aliphatic carbocycles. The predicted molar refractivity (Wildman–Crippen MR) is 88.5 cm³/mol. The molecule has 0 spiro atoms. The van der Waals surface area contributed by atoms with Gasteiger partial charge in [0.25, 0.3) is 0 Å². The summed E-state index contributed by atoms with van der Waals surface area (Å²) in [6, 6.07) is 6.70. The van der Waals surface area contributed by atoms with Crippen LogP contribution >= 0.6 is 50.7 Å². The van der Waals surface area contributed by atoms with Crippen molar-refractivity contribution in [3.8, 4) is 0 Å².